The molecule has 0 bridgehead atoms. The lowest BCUT2D eigenvalue weighted by molar-refractivity contribution is 0.0691. The number of hydrogen-bond acceptors (Lipinski definition) is 4. The third-order valence-corrected chi connectivity index (χ3v) is 3.44. The molecule has 2 aromatic rings. The number of thiazole rings is 1. The van der Waals surface area contributed by atoms with Gasteiger partial charge in [0.05, 0.1) is 0 Å². The number of carbonyl (C=O) groups excluding carboxylic acids is 1. The Kier molecular flexibility index (Phi) is 3.82. The normalized spacial score (nSPS) is 10.2. The van der Waals surface area contributed by atoms with Gasteiger partial charge in [0.2, 0.25) is 0 Å². The predicted molar refractivity (Wildman–Crippen MR) is 73.2 cm³/mol. The molecule has 1 amide bonds. The van der Waals surface area contributed by atoms with Crippen molar-refractivity contribution in [1.29, 1.82) is 0 Å². The number of anilines is 1. The van der Waals surface area contributed by atoms with Gasteiger partial charge in [-0.3, -0.25) is 4.79 Å². The minimum Gasteiger partial charge on any atom is -0.476 e. The van der Waals surface area contributed by atoms with Crippen molar-refractivity contribution in [2.75, 3.05) is 5.32 Å². The number of benzene rings is 1. The summed E-state index contributed by atoms with van der Waals surface area (Å²) in [4.78, 5) is 26.3. The van der Waals surface area contributed by atoms with Gasteiger partial charge in [-0.2, -0.15) is 0 Å². The minimum absolute atomic E-state index is 0.0942. The number of halogens is 1. The third-order valence-electron chi connectivity index (χ3n) is 2.37. The van der Waals surface area contributed by atoms with E-state index in [9.17, 15) is 9.59 Å². The van der Waals surface area contributed by atoms with Gasteiger partial charge < -0.3 is 10.4 Å². The first-order chi connectivity index (χ1) is 8.97. The van der Waals surface area contributed by atoms with Gasteiger partial charge in [-0.05, 0) is 24.6 Å². The number of hydrogen-bond donors (Lipinski definition) is 2. The van der Waals surface area contributed by atoms with E-state index in [1.807, 2.05) is 6.92 Å². The van der Waals surface area contributed by atoms with Crippen molar-refractivity contribution < 1.29 is 14.7 Å². The van der Waals surface area contributed by atoms with E-state index >= 15 is 0 Å². The molecule has 0 aliphatic heterocycles. The van der Waals surface area contributed by atoms with Gasteiger partial charge in [-0.1, -0.05) is 17.7 Å². The topological polar surface area (TPSA) is 79.3 Å². The fourth-order valence-electron chi connectivity index (χ4n) is 1.38. The van der Waals surface area contributed by atoms with Crippen LogP contribution in [0.4, 0.5) is 5.69 Å². The molecule has 0 fully saturated rings. The second kappa shape index (κ2) is 5.38. The SMILES string of the molecule is Cc1ccc(Cl)cc1NC(=O)c1nc(C(=O)O)cs1. The molecule has 0 aliphatic rings. The predicted octanol–water partition coefficient (Wildman–Crippen LogP) is 3.06. The van der Waals surface area contributed by atoms with E-state index in [2.05, 4.69) is 10.3 Å². The Labute approximate surface area is 117 Å². The molecular weight excluding hydrogens is 288 g/mol. The summed E-state index contributed by atoms with van der Waals surface area (Å²) in [7, 11) is 0. The highest BCUT2D eigenvalue weighted by Crippen LogP contribution is 2.21. The number of aromatic carboxylic acids is 1. The summed E-state index contributed by atoms with van der Waals surface area (Å²) in [6.07, 6.45) is 0. The standard InChI is InChI=1S/C12H9ClN2O3S/c1-6-2-3-7(13)4-8(6)14-10(16)11-15-9(5-19-11)12(17)18/h2-5H,1H3,(H,14,16)(H,17,18). The van der Waals surface area contributed by atoms with Crippen LogP contribution in [-0.4, -0.2) is 22.0 Å². The molecule has 1 heterocycles. The summed E-state index contributed by atoms with van der Waals surface area (Å²) in [6.45, 7) is 1.83. The molecule has 98 valence electrons. The highest BCUT2D eigenvalue weighted by atomic mass is 35.5. The van der Waals surface area contributed by atoms with Crippen LogP contribution in [0.1, 0.15) is 25.9 Å². The summed E-state index contributed by atoms with van der Waals surface area (Å²) in [5, 5.41) is 13.3. The maximum Gasteiger partial charge on any atom is 0.355 e. The van der Waals surface area contributed by atoms with Gasteiger partial charge in [0.1, 0.15) is 0 Å². The van der Waals surface area contributed by atoms with Gasteiger partial charge in [-0.25, -0.2) is 9.78 Å². The number of rotatable bonds is 3. The quantitative estimate of drug-likeness (QED) is 0.912. The average Bonchev–Trinajstić information content (AvgIpc) is 2.83. The van der Waals surface area contributed by atoms with E-state index in [1.165, 1.54) is 5.38 Å². The molecule has 0 saturated carbocycles. The summed E-state index contributed by atoms with van der Waals surface area (Å²) in [5.41, 5.74) is 1.29. The molecule has 2 N–H and O–H groups in total. The first-order valence-corrected chi connectivity index (χ1v) is 6.49. The number of nitrogens with one attached hydrogen (secondary N) is 1. The maximum absolute atomic E-state index is 11.9. The molecule has 0 spiro atoms. The average molecular weight is 297 g/mol. The number of amides is 1. The number of carbonyl (C=O) groups is 2. The van der Waals surface area contributed by atoms with Crippen molar-refractivity contribution in [3.63, 3.8) is 0 Å². The Morgan fingerprint density at radius 2 is 2.16 bits per heavy atom. The zero-order chi connectivity index (χ0) is 14.0. The van der Waals surface area contributed by atoms with Gasteiger partial charge in [0.15, 0.2) is 10.7 Å². The zero-order valence-electron chi connectivity index (χ0n) is 9.81. The van der Waals surface area contributed by atoms with Crippen LogP contribution in [0, 0.1) is 6.92 Å². The van der Waals surface area contributed by atoms with E-state index in [0.29, 0.717) is 10.7 Å². The van der Waals surface area contributed by atoms with E-state index < -0.39 is 11.9 Å². The molecule has 5 nitrogen and oxygen atoms in total. The summed E-state index contributed by atoms with van der Waals surface area (Å²) >= 11 is 6.83. The number of aromatic nitrogens is 1. The van der Waals surface area contributed by atoms with E-state index in [4.69, 9.17) is 16.7 Å². The molecule has 7 heteroatoms. The molecule has 2 rings (SSSR count). The molecule has 0 aliphatic carbocycles. The summed E-state index contributed by atoms with van der Waals surface area (Å²) in [6, 6.07) is 5.13. The van der Waals surface area contributed by atoms with Crippen LogP contribution in [0.15, 0.2) is 23.6 Å². The molecule has 1 aromatic heterocycles. The van der Waals surface area contributed by atoms with Crippen LogP contribution < -0.4 is 5.32 Å². The van der Waals surface area contributed by atoms with Crippen LogP contribution in [-0.2, 0) is 0 Å². The monoisotopic (exact) mass is 296 g/mol. The highest BCUT2D eigenvalue weighted by Gasteiger charge is 2.15. The third kappa shape index (κ3) is 3.10. The van der Waals surface area contributed by atoms with E-state index in [1.54, 1.807) is 18.2 Å². The molecule has 1 aromatic carbocycles. The van der Waals surface area contributed by atoms with Crippen molar-refractivity contribution in [1.82, 2.24) is 4.98 Å². The summed E-state index contributed by atoms with van der Waals surface area (Å²) in [5.74, 6) is -1.61. The second-order valence-corrected chi connectivity index (χ2v) is 5.05. The van der Waals surface area contributed by atoms with Crippen molar-refractivity contribution in [2.24, 2.45) is 0 Å². The highest BCUT2D eigenvalue weighted by molar-refractivity contribution is 7.12. The van der Waals surface area contributed by atoms with Gasteiger partial charge >= 0.3 is 5.97 Å². The van der Waals surface area contributed by atoms with Crippen LogP contribution in [0.5, 0.6) is 0 Å². The van der Waals surface area contributed by atoms with Gasteiger partial charge in [0, 0.05) is 16.1 Å². The van der Waals surface area contributed by atoms with Crippen LogP contribution in [0.25, 0.3) is 0 Å². The molecule has 19 heavy (non-hydrogen) atoms. The molecule has 0 saturated heterocycles. The molecule has 0 radical (unpaired) electrons. The first-order valence-electron chi connectivity index (χ1n) is 5.23. The van der Waals surface area contributed by atoms with Gasteiger partial charge in [0.25, 0.3) is 5.91 Å². The number of carboxylic acid groups (broad SMARTS) is 1. The first kappa shape index (κ1) is 13.5. The Morgan fingerprint density at radius 1 is 1.42 bits per heavy atom. The number of carboxylic acids is 1. The Hall–Kier alpha value is -1.92. The van der Waals surface area contributed by atoms with E-state index in [0.717, 1.165) is 16.9 Å². The lowest BCUT2D eigenvalue weighted by Gasteiger charge is -2.07. The summed E-state index contributed by atoms with van der Waals surface area (Å²) < 4.78 is 0. The Morgan fingerprint density at radius 3 is 2.79 bits per heavy atom. The van der Waals surface area contributed by atoms with Crippen molar-refractivity contribution in [3.8, 4) is 0 Å². The van der Waals surface area contributed by atoms with E-state index in [-0.39, 0.29) is 10.7 Å². The second-order valence-electron chi connectivity index (χ2n) is 3.76. The van der Waals surface area contributed by atoms with Crippen LogP contribution in [0.2, 0.25) is 5.02 Å². The maximum atomic E-state index is 11.9. The van der Waals surface area contributed by atoms with Gasteiger partial charge in [-0.15, -0.1) is 11.3 Å². The largest absolute Gasteiger partial charge is 0.476 e. The van der Waals surface area contributed by atoms with Crippen LogP contribution >= 0.6 is 22.9 Å². The Bertz CT molecular complexity index is 654. The smallest absolute Gasteiger partial charge is 0.355 e. The minimum atomic E-state index is -1.16. The molecule has 0 atom stereocenters. The zero-order valence-corrected chi connectivity index (χ0v) is 11.4. The molecular formula is C12H9ClN2O3S. The van der Waals surface area contributed by atoms with Crippen LogP contribution in [0.3, 0.4) is 0 Å². The lowest BCUT2D eigenvalue weighted by Crippen LogP contribution is -2.13. The molecule has 0 unspecified atom stereocenters. The lowest BCUT2D eigenvalue weighted by atomic mass is 10.2. The number of nitrogens with zero attached hydrogens (tertiary/aromatic N) is 1. The fourth-order valence-corrected chi connectivity index (χ4v) is 2.24. The fraction of sp³-hybridized carbons (Fsp3) is 0.0833. The number of aryl methyl sites for hydroxylation is 1. The van der Waals surface area contributed by atoms with Crippen molar-refractivity contribution >= 4 is 40.5 Å². The Balaban J connectivity index is 2.20. The van der Waals surface area contributed by atoms with Crippen molar-refractivity contribution in [2.45, 2.75) is 6.92 Å². The van der Waals surface area contributed by atoms with Crippen molar-refractivity contribution in [3.05, 3.63) is 44.9 Å².